The summed E-state index contributed by atoms with van der Waals surface area (Å²) in [6.45, 7) is 8.91. The fourth-order valence-electron chi connectivity index (χ4n) is 1.25. The van der Waals surface area contributed by atoms with E-state index in [-0.39, 0.29) is 0 Å². The summed E-state index contributed by atoms with van der Waals surface area (Å²) in [6, 6.07) is 0.387. The van der Waals surface area contributed by atoms with Gasteiger partial charge in [-0.1, -0.05) is 20.8 Å². The molecule has 1 atom stereocenters. The number of nitrogens with two attached hydrogens (primary N) is 1. The van der Waals surface area contributed by atoms with Gasteiger partial charge in [-0.05, 0) is 44.7 Å². The first kappa shape index (κ1) is 12.9. The molecule has 1 unspecified atom stereocenters. The Morgan fingerprint density at radius 2 is 1.85 bits per heavy atom. The third-order valence-electron chi connectivity index (χ3n) is 2.35. The fraction of sp³-hybridized carbons (Fsp3) is 1.00. The molecule has 0 radical (unpaired) electrons. The summed E-state index contributed by atoms with van der Waals surface area (Å²) in [6.07, 6.45) is 4.82. The summed E-state index contributed by atoms with van der Waals surface area (Å²) < 4.78 is 0. The van der Waals surface area contributed by atoms with Crippen LogP contribution in [-0.2, 0) is 0 Å². The number of hydrogen-bond donors (Lipinski definition) is 2. The highest BCUT2D eigenvalue weighted by Gasteiger charge is 1.97. The standard InChI is InChI=1S/C11H26N2/c1-4-11(12)7-9-13-8-5-6-10(2)3/h10-11,13H,4-9,12H2,1-3H3. The zero-order valence-electron chi connectivity index (χ0n) is 9.47. The molecule has 80 valence electrons. The van der Waals surface area contributed by atoms with Crippen molar-refractivity contribution < 1.29 is 0 Å². The zero-order chi connectivity index (χ0) is 10.1. The highest BCUT2D eigenvalue weighted by Crippen LogP contribution is 2.01. The van der Waals surface area contributed by atoms with Crippen molar-refractivity contribution in [2.24, 2.45) is 11.7 Å². The minimum absolute atomic E-state index is 0.387. The summed E-state index contributed by atoms with van der Waals surface area (Å²) in [5.74, 6) is 0.833. The smallest absolute Gasteiger partial charge is 0.00482 e. The molecule has 13 heavy (non-hydrogen) atoms. The van der Waals surface area contributed by atoms with E-state index in [2.05, 4.69) is 26.1 Å². The second-order valence-electron chi connectivity index (χ2n) is 4.24. The van der Waals surface area contributed by atoms with E-state index in [0.29, 0.717) is 6.04 Å². The van der Waals surface area contributed by atoms with Crippen molar-refractivity contribution in [3.63, 3.8) is 0 Å². The first-order valence-corrected chi connectivity index (χ1v) is 5.63. The largest absolute Gasteiger partial charge is 0.328 e. The summed E-state index contributed by atoms with van der Waals surface area (Å²) in [5.41, 5.74) is 5.80. The van der Waals surface area contributed by atoms with Gasteiger partial charge < -0.3 is 11.1 Å². The Bertz CT molecular complexity index is 102. The normalized spacial score (nSPS) is 13.6. The van der Waals surface area contributed by atoms with Gasteiger partial charge in [0.05, 0.1) is 0 Å². The van der Waals surface area contributed by atoms with Crippen molar-refractivity contribution in [1.82, 2.24) is 5.32 Å². The maximum absolute atomic E-state index is 5.80. The van der Waals surface area contributed by atoms with Crippen molar-refractivity contribution in [3.05, 3.63) is 0 Å². The van der Waals surface area contributed by atoms with Gasteiger partial charge >= 0.3 is 0 Å². The van der Waals surface area contributed by atoms with Crippen LogP contribution >= 0.6 is 0 Å². The van der Waals surface area contributed by atoms with Crippen LogP contribution in [0.15, 0.2) is 0 Å². The Morgan fingerprint density at radius 1 is 1.15 bits per heavy atom. The van der Waals surface area contributed by atoms with Crippen LogP contribution in [-0.4, -0.2) is 19.1 Å². The van der Waals surface area contributed by atoms with Crippen LogP contribution in [0, 0.1) is 5.92 Å². The van der Waals surface area contributed by atoms with Crippen molar-refractivity contribution in [2.45, 2.75) is 52.5 Å². The minimum atomic E-state index is 0.387. The van der Waals surface area contributed by atoms with Crippen molar-refractivity contribution in [2.75, 3.05) is 13.1 Å². The first-order valence-electron chi connectivity index (χ1n) is 5.63. The minimum Gasteiger partial charge on any atom is -0.328 e. The second-order valence-corrected chi connectivity index (χ2v) is 4.24. The molecule has 0 fully saturated rings. The molecule has 0 saturated carbocycles. The van der Waals surface area contributed by atoms with E-state index < -0.39 is 0 Å². The molecule has 0 aliphatic carbocycles. The van der Waals surface area contributed by atoms with Crippen LogP contribution in [0.2, 0.25) is 0 Å². The monoisotopic (exact) mass is 186 g/mol. The molecule has 0 bridgehead atoms. The zero-order valence-corrected chi connectivity index (χ0v) is 9.47. The first-order chi connectivity index (χ1) is 6.16. The van der Waals surface area contributed by atoms with E-state index in [1.807, 2.05) is 0 Å². The van der Waals surface area contributed by atoms with Gasteiger partial charge in [0.15, 0.2) is 0 Å². The molecule has 0 aliphatic heterocycles. The van der Waals surface area contributed by atoms with E-state index in [9.17, 15) is 0 Å². The molecular formula is C11H26N2. The summed E-state index contributed by atoms with van der Waals surface area (Å²) >= 11 is 0. The maximum Gasteiger partial charge on any atom is 0.00482 e. The van der Waals surface area contributed by atoms with E-state index in [4.69, 9.17) is 5.73 Å². The summed E-state index contributed by atoms with van der Waals surface area (Å²) in [7, 11) is 0. The molecule has 0 spiro atoms. The van der Waals surface area contributed by atoms with Crippen molar-refractivity contribution in [3.8, 4) is 0 Å². The van der Waals surface area contributed by atoms with Crippen LogP contribution in [0.1, 0.15) is 46.5 Å². The molecule has 0 aliphatic rings. The molecule has 0 aromatic carbocycles. The second kappa shape index (κ2) is 8.52. The molecule has 0 heterocycles. The third-order valence-corrected chi connectivity index (χ3v) is 2.35. The molecular weight excluding hydrogens is 160 g/mol. The quantitative estimate of drug-likeness (QED) is 0.570. The Kier molecular flexibility index (Phi) is 8.46. The van der Waals surface area contributed by atoms with Crippen LogP contribution in [0.4, 0.5) is 0 Å². The van der Waals surface area contributed by atoms with Gasteiger partial charge in [0.25, 0.3) is 0 Å². The highest BCUT2D eigenvalue weighted by atomic mass is 14.8. The Labute approximate surface area is 83.3 Å². The lowest BCUT2D eigenvalue weighted by molar-refractivity contribution is 0.505. The van der Waals surface area contributed by atoms with Gasteiger partial charge in [0, 0.05) is 6.04 Å². The molecule has 2 nitrogen and oxygen atoms in total. The van der Waals surface area contributed by atoms with E-state index in [1.165, 1.54) is 12.8 Å². The number of nitrogens with one attached hydrogen (secondary N) is 1. The lowest BCUT2D eigenvalue weighted by Crippen LogP contribution is -2.26. The molecule has 0 rings (SSSR count). The van der Waals surface area contributed by atoms with Crippen molar-refractivity contribution >= 4 is 0 Å². The predicted molar refractivity (Wildman–Crippen MR) is 59.8 cm³/mol. The highest BCUT2D eigenvalue weighted by molar-refractivity contribution is 4.60. The van der Waals surface area contributed by atoms with Gasteiger partial charge in [-0.3, -0.25) is 0 Å². The molecule has 2 heteroatoms. The van der Waals surface area contributed by atoms with Gasteiger partial charge in [-0.25, -0.2) is 0 Å². The van der Waals surface area contributed by atoms with Gasteiger partial charge in [0.2, 0.25) is 0 Å². The third kappa shape index (κ3) is 9.84. The van der Waals surface area contributed by atoms with Crippen molar-refractivity contribution in [1.29, 1.82) is 0 Å². The van der Waals surface area contributed by atoms with Crippen LogP contribution in [0.25, 0.3) is 0 Å². The molecule has 0 aromatic rings. The van der Waals surface area contributed by atoms with Gasteiger partial charge in [0.1, 0.15) is 0 Å². The number of hydrogen-bond acceptors (Lipinski definition) is 2. The van der Waals surface area contributed by atoms with E-state index in [0.717, 1.165) is 31.8 Å². The summed E-state index contributed by atoms with van der Waals surface area (Å²) in [4.78, 5) is 0. The topological polar surface area (TPSA) is 38.0 Å². The van der Waals surface area contributed by atoms with Gasteiger partial charge in [-0.2, -0.15) is 0 Å². The number of rotatable bonds is 8. The Morgan fingerprint density at radius 3 is 2.38 bits per heavy atom. The van der Waals surface area contributed by atoms with Crippen LogP contribution in [0.3, 0.4) is 0 Å². The lowest BCUT2D eigenvalue weighted by Gasteiger charge is -2.09. The van der Waals surface area contributed by atoms with Gasteiger partial charge in [-0.15, -0.1) is 0 Å². The Balaban J connectivity index is 2.99. The van der Waals surface area contributed by atoms with E-state index >= 15 is 0 Å². The average Bonchev–Trinajstić information content (AvgIpc) is 2.10. The molecule has 0 saturated heterocycles. The predicted octanol–water partition coefficient (Wildman–Crippen LogP) is 2.14. The SMILES string of the molecule is CCC(N)CCNCCCC(C)C. The molecule has 3 N–H and O–H groups in total. The van der Waals surface area contributed by atoms with Crippen LogP contribution < -0.4 is 11.1 Å². The Hall–Kier alpha value is -0.0800. The van der Waals surface area contributed by atoms with Crippen LogP contribution in [0.5, 0.6) is 0 Å². The fourth-order valence-corrected chi connectivity index (χ4v) is 1.25. The maximum atomic E-state index is 5.80. The average molecular weight is 186 g/mol. The van der Waals surface area contributed by atoms with E-state index in [1.54, 1.807) is 0 Å². The molecule has 0 amide bonds. The molecule has 0 aromatic heterocycles. The lowest BCUT2D eigenvalue weighted by atomic mass is 10.1. The summed E-state index contributed by atoms with van der Waals surface area (Å²) in [5, 5.41) is 3.43.